The summed E-state index contributed by atoms with van der Waals surface area (Å²) < 4.78 is 5.00. The Morgan fingerprint density at radius 1 is 1.17 bits per heavy atom. The molecule has 1 amide bonds. The third-order valence-electron chi connectivity index (χ3n) is 4.30. The van der Waals surface area contributed by atoms with Gasteiger partial charge in [0.25, 0.3) is 5.91 Å². The molecule has 6 heteroatoms. The summed E-state index contributed by atoms with van der Waals surface area (Å²) in [5.74, 6) is 0.340. The molecule has 1 aliphatic rings. The van der Waals surface area contributed by atoms with E-state index >= 15 is 0 Å². The zero-order chi connectivity index (χ0) is 16.9. The minimum atomic E-state index is -0.112. The van der Waals surface area contributed by atoms with E-state index < -0.39 is 0 Å². The predicted molar refractivity (Wildman–Crippen MR) is 93.4 cm³/mol. The van der Waals surface area contributed by atoms with Crippen LogP contribution in [0.1, 0.15) is 42.5 Å². The highest BCUT2D eigenvalue weighted by Gasteiger charge is 2.18. The average molecular weight is 346 g/mol. The molecule has 1 saturated carbocycles. The van der Waals surface area contributed by atoms with Crippen molar-refractivity contribution >= 4 is 17.5 Å². The number of ether oxygens (including phenoxy) is 1. The molecule has 1 heterocycles. The zero-order valence-electron chi connectivity index (χ0n) is 13.6. The number of nitrogens with one attached hydrogen (secondary N) is 1. The number of hydrogen-bond donors (Lipinski definition) is 1. The minimum absolute atomic E-state index is 0.112. The van der Waals surface area contributed by atoms with Crippen LogP contribution in [0.5, 0.6) is 5.88 Å². The minimum Gasteiger partial charge on any atom is -0.480 e. The summed E-state index contributed by atoms with van der Waals surface area (Å²) in [5, 5.41) is 11.5. The van der Waals surface area contributed by atoms with Crippen LogP contribution in [-0.4, -0.2) is 29.3 Å². The molecule has 0 aliphatic heterocycles. The Morgan fingerprint density at radius 2 is 1.96 bits per heavy atom. The van der Waals surface area contributed by atoms with Gasteiger partial charge in [0, 0.05) is 17.7 Å². The summed E-state index contributed by atoms with van der Waals surface area (Å²) in [6, 6.07) is 9.11. The maximum absolute atomic E-state index is 12.4. The Morgan fingerprint density at radius 3 is 2.58 bits per heavy atom. The van der Waals surface area contributed by atoms with Gasteiger partial charge in [0.05, 0.1) is 23.4 Å². The molecule has 1 aliphatic carbocycles. The van der Waals surface area contributed by atoms with Crippen LogP contribution in [0.2, 0.25) is 5.02 Å². The molecule has 2 aromatic rings. The SMILES string of the molecule is COc1ccc(-c2ccc(C(=O)NC3CCCCC3)c(Cl)c2)nn1. The number of methoxy groups -OCH3 is 1. The first-order valence-electron chi connectivity index (χ1n) is 8.16. The Kier molecular flexibility index (Phi) is 5.30. The first-order chi connectivity index (χ1) is 11.7. The highest BCUT2D eigenvalue weighted by molar-refractivity contribution is 6.34. The van der Waals surface area contributed by atoms with Crippen LogP contribution in [-0.2, 0) is 0 Å². The number of carbonyl (C=O) groups is 1. The third kappa shape index (κ3) is 3.85. The van der Waals surface area contributed by atoms with Crippen molar-refractivity contribution in [1.29, 1.82) is 0 Å². The Balaban J connectivity index is 1.74. The highest BCUT2D eigenvalue weighted by Crippen LogP contribution is 2.25. The molecule has 1 aromatic heterocycles. The number of hydrogen-bond acceptors (Lipinski definition) is 4. The van der Waals surface area contributed by atoms with Crippen molar-refractivity contribution in [2.24, 2.45) is 0 Å². The van der Waals surface area contributed by atoms with Gasteiger partial charge >= 0.3 is 0 Å². The molecule has 1 N–H and O–H groups in total. The van der Waals surface area contributed by atoms with Crippen molar-refractivity contribution in [3.05, 3.63) is 40.9 Å². The third-order valence-corrected chi connectivity index (χ3v) is 4.61. The van der Waals surface area contributed by atoms with Crippen LogP contribution < -0.4 is 10.1 Å². The molecular weight excluding hydrogens is 326 g/mol. The number of halogens is 1. The Hall–Kier alpha value is -2.14. The van der Waals surface area contributed by atoms with Crippen molar-refractivity contribution in [3.63, 3.8) is 0 Å². The second kappa shape index (κ2) is 7.62. The second-order valence-corrected chi connectivity index (χ2v) is 6.37. The number of amides is 1. The maximum Gasteiger partial charge on any atom is 0.253 e. The standard InChI is InChI=1S/C18H20ClN3O2/c1-24-17-10-9-16(21-22-17)12-7-8-14(15(19)11-12)18(23)20-13-5-3-2-4-6-13/h7-11,13H,2-6H2,1H3,(H,20,23). The molecule has 1 fully saturated rings. The Bertz CT molecular complexity index is 713. The molecule has 1 aromatic carbocycles. The van der Waals surface area contributed by atoms with Gasteiger partial charge in [0.1, 0.15) is 0 Å². The molecule has 5 nitrogen and oxygen atoms in total. The lowest BCUT2D eigenvalue weighted by Crippen LogP contribution is -2.36. The molecule has 0 bridgehead atoms. The van der Waals surface area contributed by atoms with E-state index in [9.17, 15) is 4.79 Å². The van der Waals surface area contributed by atoms with Crippen LogP contribution >= 0.6 is 11.6 Å². The van der Waals surface area contributed by atoms with Crippen molar-refractivity contribution < 1.29 is 9.53 Å². The average Bonchev–Trinajstić information content (AvgIpc) is 2.62. The molecule has 0 unspecified atom stereocenters. The number of nitrogens with zero attached hydrogens (tertiary/aromatic N) is 2. The maximum atomic E-state index is 12.4. The fourth-order valence-corrected chi connectivity index (χ4v) is 3.22. The van der Waals surface area contributed by atoms with Crippen LogP contribution in [0.3, 0.4) is 0 Å². The lowest BCUT2D eigenvalue weighted by atomic mass is 9.95. The topological polar surface area (TPSA) is 64.1 Å². The van der Waals surface area contributed by atoms with Crippen molar-refractivity contribution in [2.75, 3.05) is 7.11 Å². The zero-order valence-corrected chi connectivity index (χ0v) is 14.3. The van der Waals surface area contributed by atoms with Gasteiger partial charge in [-0.3, -0.25) is 4.79 Å². The number of benzene rings is 1. The van der Waals surface area contributed by atoms with E-state index in [-0.39, 0.29) is 11.9 Å². The fourth-order valence-electron chi connectivity index (χ4n) is 2.95. The van der Waals surface area contributed by atoms with Gasteiger partial charge in [0.2, 0.25) is 5.88 Å². The van der Waals surface area contributed by atoms with Gasteiger partial charge in [-0.25, -0.2) is 0 Å². The quantitative estimate of drug-likeness (QED) is 0.913. The summed E-state index contributed by atoms with van der Waals surface area (Å²) in [6.07, 6.45) is 5.69. The van der Waals surface area contributed by atoms with Crippen LogP contribution in [0.15, 0.2) is 30.3 Å². The molecule has 0 saturated heterocycles. The second-order valence-electron chi connectivity index (χ2n) is 5.96. The molecule has 0 radical (unpaired) electrons. The monoisotopic (exact) mass is 345 g/mol. The first-order valence-corrected chi connectivity index (χ1v) is 8.53. The molecule has 0 spiro atoms. The van der Waals surface area contributed by atoms with Gasteiger partial charge < -0.3 is 10.1 Å². The summed E-state index contributed by atoms with van der Waals surface area (Å²) >= 11 is 6.32. The number of aromatic nitrogens is 2. The highest BCUT2D eigenvalue weighted by atomic mass is 35.5. The van der Waals surface area contributed by atoms with E-state index in [4.69, 9.17) is 16.3 Å². The summed E-state index contributed by atoms with van der Waals surface area (Å²) in [4.78, 5) is 12.4. The molecule has 126 valence electrons. The molecular formula is C18H20ClN3O2. The molecule has 3 rings (SSSR count). The van der Waals surface area contributed by atoms with Gasteiger partial charge in [-0.1, -0.05) is 36.9 Å². The summed E-state index contributed by atoms with van der Waals surface area (Å²) in [7, 11) is 1.54. The summed E-state index contributed by atoms with van der Waals surface area (Å²) in [5.41, 5.74) is 1.98. The van der Waals surface area contributed by atoms with E-state index in [1.165, 1.54) is 19.3 Å². The van der Waals surface area contributed by atoms with Gasteiger partial charge in [-0.05, 0) is 31.0 Å². The lowest BCUT2D eigenvalue weighted by molar-refractivity contribution is 0.0928. The number of rotatable bonds is 4. The van der Waals surface area contributed by atoms with E-state index in [1.54, 1.807) is 31.4 Å². The first kappa shape index (κ1) is 16.7. The predicted octanol–water partition coefficient (Wildman–Crippen LogP) is 3.87. The number of carbonyl (C=O) groups excluding carboxylic acids is 1. The van der Waals surface area contributed by atoms with Crippen LogP contribution in [0.25, 0.3) is 11.3 Å². The van der Waals surface area contributed by atoms with Crippen molar-refractivity contribution in [1.82, 2.24) is 15.5 Å². The van der Waals surface area contributed by atoms with Gasteiger partial charge in [0.15, 0.2) is 0 Å². The normalized spacial score (nSPS) is 15.1. The van der Waals surface area contributed by atoms with E-state index in [0.29, 0.717) is 22.2 Å². The van der Waals surface area contributed by atoms with Crippen molar-refractivity contribution in [3.8, 4) is 17.1 Å². The molecule has 24 heavy (non-hydrogen) atoms. The Labute approximate surface area is 146 Å². The van der Waals surface area contributed by atoms with E-state index in [1.807, 2.05) is 6.07 Å². The smallest absolute Gasteiger partial charge is 0.253 e. The van der Waals surface area contributed by atoms with Crippen molar-refractivity contribution in [2.45, 2.75) is 38.1 Å². The largest absolute Gasteiger partial charge is 0.480 e. The molecule has 0 atom stereocenters. The van der Waals surface area contributed by atoms with Crippen LogP contribution in [0, 0.1) is 0 Å². The lowest BCUT2D eigenvalue weighted by Gasteiger charge is -2.23. The van der Waals surface area contributed by atoms with Gasteiger partial charge in [-0.15, -0.1) is 10.2 Å². The summed E-state index contributed by atoms with van der Waals surface area (Å²) in [6.45, 7) is 0. The van der Waals surface area contributed by atoms with E-state index in [0.717, 1.165) is 18.4 Å². The van der Waals surface area contributed by atoms with Gasteiger partial charge in [-0.2, -0.15) is 0 Å². The fraction of sp³-hybridized carbons (Fsp3) is 0.389. The van der Waals surface area contributed by atoms with Crippen LogP contribution in [0.4, 0.5) is 0 Å². The van der Waals surface area contributed by atoms with E-state index in [2.05, 4.69) is 15.5 Å².